The fourth-order valence-electron chi connectivity index (χ4n) is 3.02. The van der Waals surface area contributed by atoms with Gasteiger partial charge in [0.2, 0.25) is 5.91 Å². The van der Waals surface area contributed by atoms with E-state index in [1.807, 2.05) is 42.5 Å². The Balaban J connectivity index is 1.49. The standard InChI is InChI=1S/C19H20N2O5/c22-17(20-9-11-21(12-10-20)18(23)19(24)25)8-13-26-16-7-3-5-14-4-1-2-6-15(14)16/h1-7H,8-13H2,(H,24,25). The number of ether oxygens (including phenoxy) is 1. The number of fused-ring (bicyclic) bond motifs is 1. The van der Waals surface area contributed by atoms with Crippen LogP contribution in [0.25, 0.3) is 10.8 Å². The molecule has 1 aliphatic rings. The van der Waals surface area contributed by atoms with E-state index < -0.39 is 11.9 Å². The number of carbonyl (C=O) groups is 3. The summed E-state index contributed by atoms with van der Waals surface area (Å²) in [7, 11) is 0. The number of carbonyl (C=O) groups excluding carboxylic acids is 2. The summed E-state index contributed by atoms with van der Waals surface area (Å²) in [6, 6.07) is 13.7. The molecule has 2 aromatic carbocycles. The zero-order valence-electron chi connectivity index (χ0n) is 14.3. The Hall–Kier alpha value is -3.09. The van der Waals surface area contributed by atoms with Crippen LogP contribution in [0.15, 0.2) is 42.5 Å². The molecular weight excluding hydrogens is 336 g/mol. The van der Waals surface area contributed by atoms with E-state index in [9.17, 15) is 14.4 Å². The van der Waals surface area contributed by atoms with E-state index in [1.165, 1.54) is 4.90 Å². The lowest BCUT2D eigenvalue weighted by Crippen LogP contribution is -2.52. The Labute approximate surface area is 150 Å². The summed E-state index contributed by atoms with van der Waals surface area (Å²) < 4.78 is 5.78. The number of amides is 2. The van der Waals surface area contributed by atoms with Crippen LogP contribution in [0.4, 0.5) is 0 Å². The number of carboxylic acids is 1. The molecule has 0 atom stereocenters. The van der Waals surface area contributed by atoms with Gasteiger partial charge in [0.15, 0.2) is 0 Å². The van der Waals surface area contributed by atoms with E-state index in [0.717, 1.165) is 16.5 Å². The highest BCUT2D eigenvalue weighted by Crippen LogP contribution is 2.25. The van der Waals surface area contributed by atoms with E-state index in [-0.39, 0.29) is 32.0 Å². The second-order valence-electron chi connectivity index (χ2n) is 6.05. The molecule has 7 nitrogen and oxygen atoms in total. The molecule has 0 radical (unpaired) electrons. The Bertz CT molecular complexity index is 822. The normalized spacial score (nSPS) is 14.3. The van der Waals surface area contributed by atoms with Crippen molar-refractivity contribution in [2.24, 2.45) is 0 Å². The lowest BCUT2D eigenvalue weighted by Gasteiger charge is -2.33. The summed E-state index contributed by atoms with van der Waals surface area (Å²) in [6.45, 7) is 1.42. The number of hydrogen-bond donors (Lipinski definition) is 1. The number of nitrogens with zero attached hydrogens (tertiary/aromatic N) is 2. The third kappa shape index (κ3) is 3.93. The minimum atomic E-state index is -1.46. The van der Waals surface area contributed by atoms with Gasteiger partial charge in [0, 0.05) is 31.6 Å². The molecule has 1 fully saturated rings. The number of piperazine rings is 1. The average Bonchev–Trinajstić information content (AvgIpc) is 2.67. The zero-order chi connectivity index (χ0) is 18.5. The monoisotopic (exact) mass is 356 g/mol. The fraction of sp³-hybridized carbons (Fsp3) is 0.316. The zero-order valence-corrected chi connectivity index (χ0v) is 14.3. The maximum atomic E-state index is 12.3. The molecule has 0 unspecified atom stereocenters. The van der Waals surface area contributed by atoms with Gasteiger partial charge in [-0.3, -0.25) is 9.59 Å². The third-order valence-electron chi connectivity index (χ3n) is 4.43. The van der Waals surface area contributed by atoms with Gasteiger partial charge in [0.25, 0.3) is 0 Å². The second kappa shape index (κ2) is 7.86. The maximum absolute atomic E-state index is 12.3. The molecule has 0 bridgehead atoms. The van der Waals surface area contributed by atoms with Gasteiger partial charge in [-0.1, -0.05) is 36.4 Å². The molecule has 0 aromatic heterocycles. The van der Waals surface area contributed by atoms with Gasteiger partial charge >= 0.3 is 11.9 Å². The summed E-state index contributed by atoms with van der Waals surface area (Å²) in [5, 5.41) is 10.8. The summed E-state index contributed by atoms with van der Waals surface area (Å²) in [4.78, 5) is 37.3. The van der Waals surface area contributed by atoms with Crippen molar-refractivity contribution in [3.8, 4) is 5.75 Å². The van der Waals surface area contributed by atoms with E-state index in [0.29, 0.717) is 13.1 Å². The van der Waals surface area contributed by atoms with Gasteiger partial charge in [-0.15, -0.1) is 0 Å². The number of hydrogen-bond acceptors (Lipinski definition) is 4. The van der Waals surface area contributed by atoms with Crippen molar-refractivity contribution in [1.29, 1.82) is 0 Å². The van der Waals surface area contributed by atoms with Crippen LogP contribution in [0.5, 0.6) is 5.75 Å². The number of rotatable bonds is 4. The minimum Gasteiger partial charge on any atom is -0.492 e. The van der Waals surface area contributed by atoms with Crippen molar-refractivity contribution in [2.75, 3.05) is 32.8 Å². The lowest BCUT2D eigenvalue weighted by molar-refractivity contribution is -0.157. The van der Waals surface area contributed by atoms with E-state index in [2.05, 4.69) is 0 Å². The molecular formula is C19H20N2O5. The van der Waals surface area contributed by atoms with Gasteiger partial charge in [-0.25, -0.2) is 4.79 Å². The number of benzene rings is 2. The topological polar surface area (TPSA) is 87.2 Å². The van der Waals surface area contributed by atoms with Crippen LogP contribution >= 0.6 is 0 Å². The van der Waals surface area contributed by atoms with Gasteiger partial charge in [-0.05, 0) is 11.5 Å². The van der Waals surface area contributed by atoms with E-state index in [1.54, 1.807) is 4.90 Å². The highest BCUT2D eigenvalue weighted by molar-refractivity contribution is 6.31. The Morgan fingerprint density at radius 2 is 1.58 bits per heavy atom. The number of carboxylic acid groups (broad SMARTS) is 1. The highest BCUT2D eigenvalue weighted by Gasteiger charge is 2.27. The molecule has 0 spiro atoms. The molecule has 3 rings (SSSR count). The molecule has 136 valence electrons. The van der Waals surface area contributed by atoms with Gasteiger partial charge in [0.1, 0.15) is 5.75 Å². The first-order chi connectivity index (χ1) is 12.6. The summed E-state index contributed by atoms with van der Waals surface area (Å²) in [5.74, 6) is -1.70. The molecule has 0 saturated carbocycles. The van der Waals surface area contributed by atoms with Crippen LogP contribution in [0, 0.1) is 0 Å². The van der Waals surface area contributed by atoms with Crippen LogP contribution < -0.4 is 4.74 Å². The van der Waals surface area contributed by atoms with Crippen molar-refractivity contribution in [3.63, 3.8) is 0 Å². The Kier molecular flexibility index (Phi) is 5.36. The van der Waals surface area contributed by atoms with Gasteiger partial charge in [0.05, 0.1) is 13.0 Å². The first kappa shape index (κ1) is 17.7. The molecule has 1 saturated heterocycles. The smallest absolute Gasteiger partial charge is 0.394 e. The molecule has 26 heavy (non-hydrogen) atoms. The van der Waals surface area contributed by atoms with Crippen LogP contribution in [-0.4, -0.2) is 65.5 Å². The first-order valence-electron chi connectivity index (χ1n) is 8.47. The Morgan fingerprint density at radius 1 is 0.923 bits per heavy atom. The highest BCUT2D eigenvalue weighted by atomic mass is 16.5. The summed E-state index contributed by atoms with van der Waals surface area (Å²) in [5.41, 5.74) is 0. The molecule has 0 aliphatic carbocycles. The Morgan fingerprint density at radius 3 is 2.31 bits per heavy atom. The van der Waals surface area contributed by atoms with Crippen molar-refractivity contribution in [3.05, 3.63) is 42.5 Å². The molecule has 2 amide bonds. The van der Waals surface area contributed by atoms with Crippen molar-refractivity contribution in [2.45, 2.75) is 6.42 Å². The summed E-state index contributed by atoms with van der Waals surface area (Å²) >= 11 is 0. The predicted molar refractivity (Wildman–Crippen MR) is 94.9 cm³/mol. The van der Waals surface area contributed by atoms with Crippen LogP contribution in [0.1, 0.15) is 6.42 Å². The van der Waals surface area contributed by atoms with Gasteiger partial charge < -0.3 is 19.6 Å². The third-order valence-corrected chi connectivity index (χ3v) is 4.43. The van der Waals surface area contributed by atoms with Crippen molar-refractivity contribution in [1.82, 2.24) is 9.80 Å². The second-order valence-corrected chi connectivity index (χ2v) is 6.05. The number of aliphatic carboxylic acids is 1. The fourth-order valence-corrected chi connectivity index (χ4v) is 3.02. The van der Waals surface area contributed by atoms with Crippen molar-refractivity contribution >= 4 is 28.6 Å². The SMILES string of the molecule is O=C(O)C(=O)N1CCN(C(=O)CCOc2cccc3ccccc23)CC1. The average molecular weight is 356 g/mol. The summed E-state index contributed by atoms with van der Waals surface area (Å²) in [6.07, 6.45) is 0.232. The first-order valence-corrected chi connectivity index (χ1v) is 8.47. The van der Waals surface area contributed by atoms with Crippen LogP contribution in [-0.2, 0) is 14.4 Å². The largest absolute Gasteiger partial charge is 0.492 e. The molecule has 1 aliphatic heterocycles. The molecule has 1 heterocycles. The minimum absolute atomic E-state index is 0.0624. The van der Waals surface area contributed by atoms with E-state index >= 15 is 0 Å². The molecule has 2 aromatic rings. The van der Waals surface area contributed by atoms with Gasteiger partial charge in [-0.2, -0.15) is 0 Å². The van der Waals surface area contributed by atoms with Crippen molar-refractivity contribution < 1.29 is 24.2 Å². The lowest BCUT2D eigenvalue weighted by atomic mass is 10.1. The maximum Gasteiger partial charge on any atom is 0.394 e. The molecule has 1 N–H and O–H groups in total. The quantitative estimate of drug-likeness (QED) is 0.836. The predicted octanol–water partition coefficient (Wildman–Crippen LogP) is 1.36. The molecule has 7 heteroatoms. The van der Waals surface area contributed by atoms with E-state index in [4.69, 9.17) is 9.84 Å². The van der Waals surface area contributed by atoms with Crippen LogP contribution in [0.2, 0.25) is 0 Å². The van der Waals surface area contributed by atoms with Crippen LogP contribution in [0.3, 0.4) is 0 Å².